The molecule has 2 aromatic rings. The average Bonchev–Trinajstić information content (AvgIpc) is 2.94. The number of primary amides is 1. The maximum Gasteiger partial charge on any atom is 0.300 e. The highest BCUT2D eigenvalue weighted by Gasteiger charge is 2.34. The van der Waals surface area contributed by atoms with Crippen molar-refractivity contribution in [1.82, 2.24) is 4.57 Å². The van der Waals surface area contributed by atoms with Gasteiger partial charge in [0.2, 0.25) is 0 Å². The standard InChI is InChI=1S/C21H19FN4O4/c1-5-14(10-27)26(15-6-7-16(22)13(8-15)9-23)21(30)19(28)17-11(2)18(20(24)29)25(4)12(17)3/h1,6-8,14,27H,10H2,2-4H3,(H2,24,29)/t14-/m0/s1. The van der Waals surface area contributed by atoms with Crippen molar-refractivity contribution in [2.24, 2.45) is 12.8 Å². The molecule has 8 nitrogen and oxygen atoms in total. The Balaban J connectivity index is 2.65. The molecule has 0 aliphatic carbocycles. The van der Waals surface area contributed by atoms with Crippen LogP contribution in [-0.2, 0) is 11.8 Å². The molecule has 30 heavy (non-hydrogen) atoms. The number of terminal acetylenes is 1. The molecule has 3 N–H and O–H groups in total. The number of nitrogens with zero attached hydrogens (tertiary/aromatic N) is 3. The van der Waals surface area contributed by atoms with Crippen LogP contribution in [0.4, 0.5) is 10.1 Å². The Morgan fingerprint density at radius 1 is 1.37 bits per heavy atom. The highest BCUT2D eigenvalue weighted by Crippen LogP contribution is 2.26. The van der Waals surface area contributed by atoms with E-state index in [9.17, 15) is 23.9 Å². The molecule has 2 rings (SSSR count). The minimum Gasteiger partial charge on any atom is -0.393 e. The minimum atomic E-state index is -1.25. The third kappa shape index (κ3) is 3.66. The summed E-state index contributed by atoms with van der Waals surface area (Å²) >= 11 is 0. The number of benzene rings is 1. The predicted molar refractivity (Wildman–Crippen MR) is 106 cm³/mol. The van der Waals surface area contributed by atoms with Gasteiger partial charge < -0.3 is 15.4 Å². The summed E-state index contributed by atoms with van der Waals surface area (Å²) < 4.78 is 15.1. The number of carbonyl (C=O) groups is 3. The van der Waals surface area contributed by atoms with Gasteiger partial charge in [0.05, 0.1) is 17.7 Å². The monoisotopic (exact) mass is 410 g/mol. The number of halogens is 1. The van der Waals surface area contributed by atoms with Gasteiger partial charge >= 0.3 is 5.91 Å². The van der Waals surface area contributed by atoms with Gasteiger partial charge in [-0.2, -0.15) is 5.26 Å². The Labute approximate surface area is 172 Å². The summed E-state index contributed by atoms with van der Waals surface area (Å²) in [6.45, 7) is 2.34. The molecule has 9 heteroatoms. The van der Waals surface area contributed by atoms with Gasteiger partial charge in [0.1, 0.15) is 23.6 Å². The zero-order valence-electron chi connectivity index (χ0n) is 16.6. The molecule has 1 atom stereocenters. The Bertz CT molecular complexity index is 1140. The number of hydrogen-bond acceptors (Lipinski definition) is 5. The number of anilines is 1. The number of aliphatic hydroxyl groups is 1. The second-order valence-corrected chi connectivity index (χ2v) is 6.50. The number of rotatable bonds is 6. The van der Waals surface area contributed by atoms with Gasteiger partial charge in [-0.1, -0.05) is 5.92 Å². The summed E-state index contributed by atoms with van der Waals surface area (Å²) in [5.41, 5.74) is 5.56. The molecule has 0 spiro atoms. The first-order valence-corrected chi connectivity index (χ1v) is 8.70. The predicted octanol–water partition coefficient (Wildman–Crippen LogP) is 0.962. The number of hydrogen-bond donors (Lipinski definition) is 2. The van der Waals surface area contributed by atoms with Crippen LogP contribution in [-0.4, -0.2) is 39.9 Å². The summed E-state index contributed by atoms with van der Waals surface area (Å²) in [6.07, 6.45) is 5.41. The summed E-state index contributed by atoms with van der Waals surface area (Å²) in [4.78, 5) is 38.8. The van der Waals surface area contributed by atoms with E-state index in [0.717, 1.165) is 17.0 Å². The second-order valence-electron chi connectivity index (χ2n) is 6.50. The van der Waals surface area contributed by atoms with Crippen LogP contribution in [0.2, 0.25) is 0 Å². The van der Waals surface area contributed by atoms with Gasteiger partial charge in [-0.15, -0.1) is 6.42 Å². The largest absolute Gasteiger partial charge is 0.393 e. The Morgan fingerprint density at radius 2 is 2.00 bits per heavy atom. The van der Waals surface area contributed by atoms with Crippen molar-refractivity contribution in [2.75, 3.05) is 11.5 Å². The number of Topliss-reactive ketones (excluding diaryl/α,β-unsaturated/α-hetero) is 1. The molecule has 1 aromatic heterocycles. The lowest BCUT2D eigenvalue weighted by atomic mass is 10.0. The van der Waals surface area contributed by atoms with Gasteiger partial charge in [0.25, 0.3) is 11.7 Å². The molecule has 2 amide bonds. The fraction of sp³-hybridized carbons (Fsp3) is 0.238. The van der Waals surface area contributed by atoms with E-state index in [2.05, 4.69) is 5.92 Å². The zero-order valence-corrected chi connectivity index (χ0v) is 16.6. The van der Waals surface area contributed by atoms with Gasteiger partial charge in [-0.3, -0.25) is 19.3 Å². The summed E-state index contributed by atoms with van der Waals surface area (Å²) in [7, 11) is 1.53. The second kappa shape index (κ2) is 8.60. The molecule has 1 aromatic carbocycles. The topological polar surface area (TPSA) is 129 Å². The number of amides is 2. The third-order valence-corrected chi connectivity index (χ3v) is 4.83. The normalized spacial score (nSPS) is 11.3. The van der Waals surface area contributed by atoms with E-state index in [0.29, 0.717) is 5.69 Å². The van der Waals surface area contributed by atoms with Crippen LogP contribution >= 0.6 is 0 Å². The van der Waals surface area contributed by atoms with Crippen LogP contribution in [0, 0.1) is 43.3 Å². The molecular weight excluding hydrogens is 391 g/mol. The van der Waals surface area contributed by atoms with Crippen molar-refractivity contribution < 1.29 is 23.9 Å². The van der Waals surface area contributed by atoms with Crippen LogP contribution in [0.1, 0.15) is 37.7 Å². The summed E-state index contributed by atoms with van der Waals surface area (Å²) in [6, 6.07) is 3.56. The molecule has 0 saturated heterocycles. The van der Waals surface area contributed by atoms with Gasteiger partial charge in [0.15, 0.2) is 0 Å². The van der Waals surface area contributed by atoms with Crippen LogP contribution in [0.5, 0.6) is 0 Å². The lowest BCUT2D eigenvalue weighted by Crippen LogP contribution is -2.45. The maximum absolute atomic E-state index is 13.7. The smallest absolute Gasteiger partial charge is 0.300 e. The SMILES string of the molecule is C#C[C@@H](CO)N(C(=O)C(=O)c1c(C)c(C(N)=O)n(C)c1C)c1ccc(F)c(C#N)c1. The van der Waals surface area contributed by atoms with Crippen LogP contribution in [0.25, 0.3) is 0 Å². The first-order chi connectivity index (χ1) is 14.1. The first kappa shape index (κ1) is 22.3. The van der Waals surface area contributed by atoms with E-state index < -0.39 is 36.1 Å². The number of carbonyl (C=O) groups excluding carboxylic acids is 3. The van der Waals surface area contributed by atoms with E-state index in [-0.39, 0.29) is 28.1 Å². The van der Waals surface area contributed by atoms with Crippen LogP contribution < -0.4 is 10.6 Å². The number of aliphatic hydroxyl groups excluding tert-OH is 1. The molecule has 0 fully saturated rings. The molecule has 0 bridgehead atoms. The highest BCUT2D eigenvalue weighted by molar-refractivity contribution is 6.48. The van der Waals surface area contributed by atoms with E-state index in [1.807, 2.05) is 0 Å². The van der Waals surface area contributed by atoms with Gasteiger partial charge in [0, 0.05) is 18.4 Å². The van der Waals surface area contributed by atoms with Crippen molar-refractivity contribution in [2.45, 2.75) is 19.9 Å². The number of nitrogens with two attached hydrogens (primary N) is 1. The van der Waals surface area contributed by atoms with Gasteiger partial charge in [-0.05, 0) is 37.6 Å². The quantitative estimate of drug-likeness (QED) is 0.416. The van der Waals surface area contributed by atoms with Crippen molar-refractivity contribution >= 4 is 23.3 Å². The molecule has 0 aliphatic rings. The number of ketones is 1. The molecule has 0 radical (unpaired) electrons. The lowest BCUT2D eigenvalue weighted by Gasteiger charge is -2.27. The third-order valence-electron chi connectivity index (χ3n) is 4.83. The van der Waals surface area contributed by atoms with E-state index >= 15 is 0 Å². The minimum absolute atomic E-state index is 0.0300. The fourth-order valence-electron chi connectivity index (χ4n) is 3.27. The fourth-order valence-corrected chi connectivity index (χ4v) is 3.27. The Hall–Kier alpha value is -3.95. The van der Waals surface area contributed by atoms with Crippen molar-refractivity contribution in [3.8, 4) is 18.4 Å². The Kier molecular flexibility index (Phi) is 6.40. The molecule has 0 saturated carbocycles. The number of nitriles is 1. The summed E-state index contributed by atoms with van der Waals surface area (Å²) in [5, 5.41) is 18.7. The van der Waals surface area contributed by atoms with E-state index in [4.69, 9.17) is 17.4 Å². The maximum atomic E-state index is 13.7. The average molecular weight is 410 g/mol. The molecule has 1 heterocycles. The van der Waals surface area contributed by atoms with Crippen molar-refractivity contribution in [3.63, 3.8) is 0 Å². The number of aromatic nitrogens is 1. The Morgan fingerprint density at radius 3 is 2.47 bits per heavy atom. The first-order valence-electron chi connectivity index (χ1n) is 8.70. The van der Waals surface area contributed by atoms with Crippen molar-refractivity contribution in [1.29, 1.82) is 5.26 Å². The van der Waals surface area contributed by atoms with E-state index in [1.54, 1.807) is 13.0 Å². The molecular formula is C21H19FN4O4. The molecule has 154 valence electrons. The zero-order chi connectivity index (χ0) is 22.7. The van der Waals surface area contributed by atoms with Gasteiger partial charge in [-0.25, -0.2) is 4.39 Å². The molecule has 0 unspecified atom stereocenters. The lowest BCUT2D eigenvalue weighted by molar-refractivity contribution is -0.115. The van der Waals surface area contributed by atoms with Crippen molar-refractivity contribution in [3.05, 3.63) is 52.1 Å². The van der Waals surface area contributed by atoms with Crippen LogP contribution in [0.3, 0.4) is 0 Å². The van der Waals surface area contributed by atoms with Crippen LogP contribution in [0.15, 0.2) is 18.2 Å². The summed E-state index contributed by atoms with van der Waals surface area (Å²) in [5.74, 6) is -1.50. The highest BCUT2D eigenvalue weighted by atomic mass is 19.1. The van der Waals surface area contributed by atoms with E-state index in [1.165, 1.54) is 24.6 Å². The molecule has 0 aliphatic heterocycles.